The molecule has 0 bridgehead atoms. The zero-order chi connectivity index (χ0) is 27.0. The Morgan fingerprint density at radius 1 is 0.923 bits per heavy atom. The fourth-order valence-electron chi connectivity index (χ4n) is 4.29. The van der Waals surface area contributed by atoms with E-state index in [1.807, 2.05) is 34.9 Å². The van der Waals surface area contributed by atoms with Crippen LogP contribution >= 0.6 is 11.6 Å². The van der Waals surface area contributed by atoms with E-state index in [9.17, 15) is 13.2 Å². The second kappa shape index (κ2) is 9.95. The Morgan fingerprint density at radius 3 is 2.62 bits per heavy atom. The van der Waals surface area contributed by atoms with Crippen LogP contribution in [0.4, 0.5) is 13.2 Å². The Balaban J connectivity index is 1.28. The van der Waals surface area contributed by atoms with Crippen LogP contribution in [-0.4, -0.2) is 24.7 Å². The van der Waals surface area contributed by atoms with Crippen molar-refractivity contribution in [3.8, 4) is 22.8 Å². The maximum absolute atomic E-state index is 13.2. The van der Waals surface area contributed by atoms with Gasteiger partial charge in [0.25, 0.3) is 0 Å². The first kappa shape index (κ1) is 24.7. The smallest absolute Gasteiger partial charge is 0.416 e. The predicted octanol–water partition coefficient (Wildman–Crippen LogP) is 7.18. The fraction of sp³-hybridized carbons (Fsp3) is 0.107. The highest BCUT2D eigenvalue weighted by Crippen LogP contribution is 2.31. The molecule has 196 valence electrons. The molecule has 0 aliphatic heterocycles. The van der Waals surface area contributed by atoms with Gasteiger partial charge in [0, 0.05) is 22.0 Å². The van der Waals surface area contributed by atoms with Gasteiger partial charge in [-0.1, -0.05) is 52.3 Å². The maximum atomic E-state index is 13.2. The second-order valence-corrected chi connectivity index (χ2v) is 9.24. The van der Waals surface area contributed by atoms with Crippen molar-refractivity contribution in [1.29, 1.82) is 0 Å². The lowest BCUT2D eigenvalue weighted by atomic mass is 10.2. The number of alkyl halides is 3. The van der Waals surface area contributed by atoms with Crippen LogP contribution in [0.2, 0.25) is 5.02 Å². The number of rotatable bonds is 7. The fourth-order valence-corrected chi connectivity index (χ4v) is 4.47. The molecule has 3 aromatic heterocycles. The first-order valence-electron chi connectivity index (χ1n) is 11.8. The van der Waals surface area contributed by atoms with Gasteiger partial charge in [-0.15, -0.1) is 5.10 Å². The molecule has 3 heterocycles. The molecule has 0 fully saturated rings. The molecule has 0 radical (unpaired) electrons. The standard InChI is InChI=1S/C28H19ClF3N5O2/c29-20-7-4-9-23(13-20)38-17-24-14-25(34-39-24)27-11-18-5-1-2-10-26(18)36(27)15-21-16-37(35-33-21)22-8-3-6-19(12-22)28(30,31)32/h1-14,16H,15,17H2. The van der Waals surface area contributed by atoms with Crippen LogP contribution < -0.4 is 4.74 Å². The second-order valence-electron chi connectivity index (χ2n) is 8.80. The van der Waals surface area contributed by atoms with E-state index in [-0.39, 0.29) is 12.3 Å². The highest BCUT2D eigenvalue weighted by atomic mass is 35.5. The zero-order valence-electron chi connectivity index (χ0n) is 20.1. The van der Waals surface area contributed by atoms with Gasteiger partial charge in [0.1, 0.15) is 23.7 Å². The van der Waals surface area contributed by atoms with Gasteiger partial charge < -0.3 is 13.8 Å². The van der Waals surface area contributed by atoms with E-state index in [4.69, 9.17) is 20.9 Å². The molecule has 39 heavy (non-hydrogen) atoms. The van der Waals surface area contributed by atoms with Crippen molar-refractivity contribution in [3.63, 3.8) is 0 Å². The van der Waals surface area contributed by atoms with Crippen molar-refractivity contribution in [2.45, 2.75) is 19.3 Å². The van der Waals surface area contributed by atoms with Crippen LogP contribution in [0, 0.1) is 0 Å². The number of benzene rings is 3. The third kappa shape index (κ3) is 5.23. The van der Waals surface area contributed by atoms with Gasteiger partial charge in [-0.2, -0.15) is 13.2 Å². The summed E-state index contributed by atoms with van der Waals surface area (Å²) < 4.78 is 54.1. The van der Waals surface area contributed by atoms with E-state index in [1.165, 1.54) is 10.7 Å². The SMILES string of the molecule is FC(F)(F)c1cccc(-n2cc(Cn3c(-c4cc(COc5cccc(Cl)c5)on4)cc4ccccc43)nn2)c1. The van der Waals surface area contributed by atoms with Crippen molar-refractivity contribution >= 4 is 22.5 Å². The summed E-state index contributed by atoms with van der Waals surface area (Å²) >= 11 is 6.02. The van der Waals surface area contributed by atoms with Crippen molar-refractivity contribution < 1.29 is 22.4 Å². The average molecular weight is 550 g/mol. The minimum Gasteiger partial charge on any atom is -0.485 e. The van der Waals surface area contributed by atoms with Gasteiger partial charge in [0.05, 0.1) is 29.7 Å². The van der Waals surface area contributed by atoms with Crippen LogP contribution in [0.1, 0.15) is 17.0 Å². The lowest BCUT2D eigenvalue weighted by Gasteiger charge is -2.08. The lowest BCUT2D eigenvalue weighted by molar-refractivity contribution is -0.137. The van der Waals surface area contributed by atoms with E-state index >= 15 is 0 Å². The summed E-state index contributed by atoms with van der Waals surface area (Å²) in [6.45, 7) is 0.474. The van der Waals surface area contributed by atoms with Gasteiger partial charge >= 0.3 is 6.18 Å². The summed E-state index contributed by atoms with van der Waals surface area (Å²) in [6, 6.07) is 23.6. The van der Waals surface area contributed by atoms with Crippen molar-refractivity contribution in [1.82, 2.24) is 24.7 Å². The van der Waals surface area contributed by atoms with E-state index in [2.05, 4.69) is 15.5 Å². The molecule has 6 aromatic rings. The van der Waals surface area contributed by atoms with Crippen molar-refractivity contribution in [2.75, 3.05) is 0 Å². The molecule has 0 spiro atoms. The minimum absolute atomic E-state index is 0.166. The highest BCUT2D eigenvalue weighted by molar-refractivity contribution is 6.30. The third-order valence-corrected chi connectivity index (χ3v) is 6.34. The topological polar surface area (TPSA) is 70.9 Å². The number of hydrogen-bond acceptors (Lipinski definition) is 5. The van der Waals surface area contributed by atoms with E-state index in [1.54, 1.807) is 42.6 Å². The van der Waals surface area contributed by atoms with Gasteiger partial charge in [-0.3, -0.25) is 0 Å². The Kier molecular flexibility index (Phi) is 6.32. The highest BCUT2D eigenvalue weighted by Gasteiger charge is 2.30. The molecular formula is C28H19ClF3N5O2. The van der Waals surface area contributed by atoms with Gasteiger partial charge in [-0.05, 0) is 48.5 Å². The van der Waals surface area contributed by atoms with Gasteiger partial charge in [-0.25, -0.2) is 4.68 Å². The third-order valence-electron chi connectivity index (χ3n) is 6.11. The molecule has 0 N–H and O–H groups in total. The van der Waals surface area contributed by atoms with E-state index in [0.717, 1.165) is 28.7 Å². The Hall–Kier alpha value is -4.57. The molecule has 0 aliphatic carbocycles. The van der Waals surface area contributed by atoms with Gasteiger partial charge in [0.15, 0.2) is 5.76 Å². The molecule has 0 saturated heterocycles. The lowest BCUT2D eigenvalue weighted by Crippen LogP contribution is -2.06. The summed E-state index contributed by atoms with van der Waals surface area (Å²) in [7, 11) is 0. The molecule has 0 aliphatic rings. The summed E-state index contributed by atoms with van der Waals surface area (Å²) in [6.07, 6.45) is -2.84. The van der Waals surface area contributed by atoms with Crippen molar-refractivity contribution in [3.05, 3.63) is 113 Å². The maximum Gasteiger partial charge on any atom is 0.416 e. The minimum atomic E-state index is -4.45. The number of nitrogens with zero attached hydrogens (tertiary/aromatic N) is 5. The first-order chi connectivity index (χ1) is 18.8. The quantitative estimate of drug-likeness (QED) is 0.211. The number of ether oxygens (including phenoxy) is 1. The summed E-state index contributed by atoms with van der Waals surface area (Å²) in [4.78, 5) is 0. The number of fused-ring (bicyclic) bond motifs is 1. The number of aromatic nitrogens is 5. The zero-order valence-corrected chi connectivity index (χ0v) is 20.9. The summed E-state index contributed by atoms with van der Waals surface area (Å²) in [5.74, 6) is 1.13. The molecule has 11 heteroatoms. The largest absolute Gasteiger partial charge is 0.485 e. The van der Waals surface area contributed by atoms with Gasteiger partial charge in [0.2, 0.25) is 0 Å². The molecule has 0 atom stereocenters. The Bertz CT molecular complexity index is 1770. The molecule has 3 aromatic carbocycles. The summed E-state index contributed by atoms with van der Waals surface area (Å²) in [5.41, 5.74) is 2.38. The number of para-hydroxylation sites is 1. The molecule has 7 nitrogen and oxygen atoms in total. The Labute approximate surface area is 225 Å². The average Bonchev–Trinajstić information content (AvgIpc) is 3.67. The van der Waals surface area contributed by atoms with Crippen LogP contribution in [-0.2, 0) is 19.3 Å². The summed E-state index contributed by atoms with van der Waals surface area (Å²) in [5, 5.41) is 14.1. The van der Waals surface area contributed by atoms with Crippen LogP contribution in [0.25, 0.3) is 28.0 Å². The normalized spacial score (nSPS) is 11.8. The molecular weight excluding hydrogens is 531 g/mol. The van der Waals surface area contributed by atoms with E-state index < -0.39 is 11.7 Å². The number of halogens is 4. The van der Waals surface area contributed by atoms with Crippen LogP contribution in [0.3, 0.4) is 0 Å². The Morgan fingerprint density at radius 2 is 1.77 bits per heavy atom. The van der Waals surface area contributed by atoms with Crippen molar-refractivity contribution in [2.24, 2.45) is 0 Å². The molecule has 0 unspecified atom stereocenters. The predicted molar refractivity (Wildman–Crippen MR) is 139 cm³/mol. The molecule has 6 rings (SSSR count). The van der Waals surface area contributed by atoms with E-state index in [0.29, 0.717) is 34.5 Å². The first-order valence-corrected chi connectivity index (χ1v) is 12.2. The molecule has 0 amide bonds. The molecule has 0 saturated carbocycles. The van der Waals surface area contributed by atoms with Crippen LogP contribution in [0.5, 0.6) is 5.75 Å². The number of hydrogen-bond donors (Lipinski definition) is 0. The van der Waals surface area contributed by atoms with Crippen LogP contribution in [0.15, 0.2) is 95.6 Å². The monoisotopic (exact) mass is 549 g/mol.